The van der Waals surface area contributed by atoms with Crippen molar-refractivity contribution in [2.75, 3.05) is 49.5 Å². The van der Waals surface area contributed by atoms with Gasteiger partial charge in [-0.15, -0.1) is 0 Å². The molecule has 2 amide bonds. The Kier molecular flexibility index (Phi) is 7.46. The minimum Gasteiger partial charge on any atom is -0.449 e. The number of carbonyl (C=O) groups excluding carboxylic acids is 2. The molecule has 3 aromatic rings. The Morgan fingerprint density at radius 2 is 1.76 bits per heavy atom. The van der Waals surface area contributed by atoms with Crippen molar-refractivity contribution in [1.82, 2.24) is 5.32 Å². The topological polar surface area (TPSA) is 75.1 Å². The molecule has 0 saturated carbocycles. The van der Waals surface area contributed by atoms with Gasteiger partial charge in [-0.2, -0.15) is 0 Å². The summed E-state index contributed by atoms with van der Waals surface area (Å²) in [6.45, 7) is 5.54. The van der Waals surface area contributed by atoms with Crippen LogP contribution in [0.4, 0.5) is 15.8 Å². The van der Waals surface area contributed by atoms with Crippen LogP contribution in [-0.2, 0) is 4.79 Å². The third-order valence-electron chi connectivity index (χ3n) is 6.70. The number of ether oxygens (including phenoxy) is 1. The predicted octanol–water partition coefficient (Wildman–Crippen LogP) is 2.72. The molecular formula is C29H30FN4O3+. The Morgan fingerprint density at radius 3 is 2.51 bits per heavy atom. The second-order valence-corrected chi connectivity index (χ2v) is 9.26. The fourth-order valence-electron chi connectivity index (χ4n) is 4.61. The maximum absolute atomic E-state index is 13.1. The number of anilines is 2. The number of hydrogen-bond acceptors (Lipinski definition) is 4. The summed E-state index contributed by atoms with van der Waals surface area (Å²) >= 11 is 0. The van der Waals surface area contributed by atoms with Crippen LogP contribution in [0, 0.1) is 5.82 Å². The fraction of sp³-hybridized carbons (Fsp3) is 0.241. The Bertz CT molecular complexity index is 1280. The van der Waals surface area contributed by atoms with Gasteiger partial charge in [-0.3, -0.25) is 9.59 Å². The van der Waals surface area contributed by atoms with Crippen LogP contribution in [0.5, 0.6) is 5.75 Å². The maximum Gasteiger partial charge on any atom is 0.291 e. The Labute approximate surface area is 215 Å². The van der Waals surface area contributed by atoms with Crippen molar-refractivity contribution in [1.29, 1.82) is 0 Å². The number of amides is 2. The first kappa shape index (κ1) is 24.5. The highest BCUT2D eigenvalue weighted by Crippen LogP contribution is 2.30. The number of piperazine rings is 1. The first-order chi connectivity index (χ1) is 18.0. The third kappa shape index (κ3) is 6.16. The Balaban J connectivity index is 1.05. The monoisotopic (exact) mass is 501 g/mol. The minimum absolute atomic E-state index is 0.115. The average molecular weight is 502 g/mol. The van der Waals surface area contributed by atoms with E-state index >= 15 is 0 Å². The van der Waals surface area contributed by atoms with E-state index in [1.54, 1.807) is 42.5 Å². The minimum atomic E-state index is -0.306. The number of para-hydroxylation sites is 2. The molecule has 37 heavy (non-hydrogen) atoms. The molecule has 190 valence electrons. The van der Waals surface area contributed by atoms with Crippen LogP contribution < -0.4 is 25.2 Å². The molecule has 3 N–H and O–H groups in total. The summed E-state index contributed by atoms with van der Waals surface area (Å²) in [5.41, 5.74) is 3.05. The van der Waals surface area contributed by atoms with Crippen LogP contribution in [0.25, 0.3) is 6.08 Å². The Hall–Kier alpha value is -4.17. The van der Waals surface area contributed by atoms with Crippen molar-refractivity contribution in [2.45, 2.75) is 6.42 Å². The van der Waals surface area contributed by atoms with E-state index in [4.69, 9.17) is 4.74 Å². The molecular weight excluding hydrogens is 471 g/mol. The van der Waals surface area contributed by atoms with Gasteiger partial charge in [-0.1, -0.05) is 24.3 Å². The molecule has 2 aliphatic rings. The van der Waals surface area contributed by atoms with Crippen molar-refractivity contribution < 1.29 is 23.6 Å². The van der Waals surface area contributed by atoms with E-state index in [-0.39, 0.29) is 23.4 Å². The molecule has 0 spiro atoms. The molecule has 0 radical (unpaired) electrons. The van der Waals surface area contributed by atoms with Gasteiger partial charge in [-0.25, -0.2) is 4.39 Å². The van der Waals surface area contributed by atoms with Crippen LogP contribution in [-0.4, -0.2) is 51.1 Å². The number of carbonyl (C=O) groups is 2. The average Bonchev–Trinajstić information content (AvgIpc) is 2.93. The van der Waals surface area contributed by atoms with Gasteiger partial charge in [0.15, 0.2) is 11.5 Å². The van der Waals surface area contributed by atoms with Crippen LogP contribution >= 0.6 is 0 Å². The van der Waals surface area contributed by atoms with E-state index in [1.165, 1.54) is 17.0 Å². The first-order valence-electron chi connectivity index (χ1n) is 12.6. The van der Waals surface area contributed by atoms with E-state index in [0.29, 0.717) is 23.5 Å². The molecule has 5 rings (SSSR count). The van der Waals surface area contributed by atoms with Gasteiger partial charge in [0.25, 0.3) is 11.8 Å². The van der Waals surface area contributed by atoms with E-state index in [9.17, 15) is 14.0 Å². The van der Waals surface area contributed by atoms with Gasteiger partial charge >= 0.3 is 0 Å². The molecule has 8 heteroatoms. The summed E-state index contributed by atoms with van der Waals surface area (Å²) in [4.78, 5) is 28.7. The largest absolute Gasteiger partial charge is 0.449 e. The summed E-state index contributed by atoms with van der Waals surface area (Å²) in [7, 11) is 0. The number of nitrogens with zero attached hydrogens (tertiary/aromatic N) is 1. The lowest BCUT2D eigenvalue weighted by atomic mass is 10.1. The number of nitrogens with one attached hydrogen (secondary N) is 3. The summed E-state index contributed by atoms with van der Waals surface area (Å²) in [6, 6.07) is 21.0. The number of halogens is 1. The van der Waals surface area contributed by atoms with Gasteiger partial charge in [0.2, 0.25) is 0 Å². The number of benzene rings is 3. The van der Waals surface area contributed by atoms with Crippen molar-refractivity contribution in [3.05, 3.63) is 95.5 Å². The Morgan fingerprint density at radius 1 is 1.03 bits per heavy atom. The number of quaternary nitrogens is 1. The molecule has 2 aliphatic heterocycles. The van der Waals surface area contributed by atoms with Crippen LogP contribution in [0.1, 0.15) is 22.3 Å². The lowest BCUT2D eigenvalue weighted by molar-refractivity contribution is -0.900. The van der Waals surface area contributed by atoms with Crippen molar-refractivity contribution in [2.24, 2.45) is 0 Å². The van der Waals surface area contributed by atoms with Crippen molar-refractivity contribution >= 4 is 29.3 Å². The first-order valence-corrected chi connectivity index (χ1v) is 12.6. The molecule has 1 saturated heterocycles. The van der Waals surface area contributed by atoms with Gasteiger partial charge in [0, 0.05) is 24.2 Å². The summed E-state index contributed by atoms with van der Waals surface area (Å²) in [5, 5.41) is 5.81. The molecule has 3 aromatic carbocycles. The zero-order chi connectivity index (χ0) is 25.6. The lowest BCUT2D eigenvalue weighted by Gasteiger charge is -2.33. The maximum atomic E-state index is 13.1. The van der Waals surface area contributed by atoms with E-state index in [2.05, 4.69) is 15.5 Å². The van der Waals surface area contributed by atoms with E-state index in [0.717, 1.165) is 50.4 Å². The highest BCUT2D eigenvalue weighted by atomic mass is 19.1. The molecule has 0 unspecified atom stereocenters. The molecule has 0 bridgehead atoms. The highest BCUT2D eigenvalue weighted by molar-refractivity contribution is 6.08. The third-order valence-corrected chi connectivity index (χ3v) is 6.70. The fourth-order valence-corrected chi connectivity index (χ4v) is 4.61. The summed E-state index contributed by atoms with van der Waals surface area (Å²) < 4.78 is 18.9. The predicted molar refractivity (Wildman–Crippen MR) is 141 cm³/mol. The molecule has 0 atom stereocenters. The number of hydrogen-bond donors (Lipinski definition) is 3. The van der Waals surface area contributed by atoms with E-state index in [1.807, 2.05) is 24.3 Å². The summed E-state index contributed by atoms with van der Waals surface area (Å²) in [6.07, 6.45) is 2.56. The molecule has 0 aromatic heterocycles. The molecule has 7 nitrogen and oxygen atoms in total. The molecule has 2 heterocycles. The van der Waals surface area contributed by atoms with Crippen LogP contribution in [0.3, 0.4) is 0 Å². The van der Waals surface area contributed by atoms with Gasteiger partial charge in [0.05, 0.1) is 38.4 Å². The standard InChI is InChI=1S/C29H29FN4O3/c30-23-10-12-24(13-11-23)34-18-16-33(17-19-34)15-3-14-31-28(35)22-8-6-21(7-9-22)20-27-29(36)32-25-4-1-2-5-26(25)37-27/h1-2,4-13,20H,3,14-19H2,(H,31,35)(H,32,36)/p+1. The zero-order valence-electron chi connectivity index (χ0n) is 20.5. The second kappa shape index (κ2) is 11.3. The van der Waals surface area contributed by atoms with Gasteiger partial charge < -0.3 is 25.2 Å². The number of rotatable bonds is 7. The molecule has 0 aliphatic carbocycles. The van der Waals surface area contributed by atoms with Crippen LogP contribution in [0.2, 0.25) is 0 Å². The van der Waals surface area contributed by atoms with E-state index < -0.39 is 0 Å². The SMILES string of the molecule is O=C1Nc2ccccc2OC1=Cc1ccc(C(=O)NCCC[NH+]2CCN(c3ccc(F)cc3)CC2)cc1. The smallest absolute Gasteiger partial charge is 0.291 e. The van der Waals surface area contributed by atoms with Crippen molar-refractivity contribution in [3.63, 3.8) is 0 Å². The lowest BCUT2D eigenvalue weighted by Crippen LogP contribution is -3.15. The van der Waals surface area contributed by atoms with Crippen LogP contribution in [0.15, 0.2) is 78.6 Å². The second-order valence-electron chi connectivity index (χ2n) is 9.26. The quantitative estimate of drug-likeness (QED) is 0.344. The van der Waals surface area contributed by atoms with Crippen molar-refractivity contribution in [3.8, 4) is 5.75 Å². The van der Waals surface area contributed by atoms with Gasteiger partial charge in [0.1, 0.15) is 5.82 Å². The highest BCUT2D eigenvalue weighted by Gasteiger charge is 2.22. The normalized spacial score (nSPS) is 16.6. The number of fused-ring (bicyclic) bond motifs is 1. The zero-order valence-corrected chi connectivity index (χ0v) is 20.5. The van der Waals surface area contributed by atoms with Gasteiger partial charge in [-0.05, 0) is 60.2 Å². The summed E-state index contributed by atoms with van der Waals surface area (Å²) in [5.74, 6) is 0.172. The molecule has 1 fully saturated rings.